The number of hydrogen-bond acceptors (Lipinski definition) is 5. The Labute approximate surface area is 162 Å². The Morgan fingerprint density at radius 3 is 2.44 bits per heavy atom. The first kappa shape index (κ1) is 21.8. The highest BCUT2D eigenvalue weighted by molar-refractivity contribution is 7.89. The fourth-order valence-corrected chi connectivity index (χ4v) is 4.90. The molecule has 1 fully saturated rings. The molecule has 152 valence electrons. The van der Waals surface area contributed by atoms with E-state index in [2.05, 4.69) is 0 Å². The summed E-state index contributed by atoms with van der Waals surface area (Å²) in [4.78, 5) is 14.5. The van der Waals surface area contributed by atoms with Gasteiger partial charge in [-0.15, -0.1) is 0 Å². The van der Waals surface area contributed by atoms with Gasteiger partial charge in [-0.25, -0.2) is 8.42 Å². The molecule has 2 rings (SSSR count). The van der Waals surface area contributed by atoms with Crippen molar-refractivity contribution in [3.63, 3.8) is 0 Å². The highest BCUT2D eigenvalue weighted by Crippen LogP contribution is 2.23. The van der Waals surface area contributed by atoms with E-state index in [0.29, 0.717) is 31.7 Å². The lowest BCUT2D eigenvalue weighted by atomic mass is 9.93. The number of nitrogens with two attached hydrogens (primary N) is 1. The van der Waals surface area contributed by atoms with E-state index in [-0.39, 0.29) is 28.4 Å². The number of nitrogens with zero attached hydrogens (tertiary/aromatic N) is 2. The van der Waals surface area contributed by atoms with Gasteiger partial charge < -0.3 is 15.4 Å². The summed E-state index contributed by atoms with van der Waals surface area (Å²) in [6.07, 6.45) is -0.337. The lowest BCUT2D eigenvalue weighted by Crippen LogP contribution is -2.48. The Kier molecular flexibility index (Phi) is 6.68. The van der Waals surface area contributed by atoms with Crippen LogP contribution in [0.3, 0.4) is 0 Å². The molecule has 2 N–H and O–H groups in total. The summed E-state index contributed by atoms with van der Waals surface area (Å²) in [5.41, 5.74) is 5.88. The number of sulfonamides is 1. The van der Waals surface area contributed by atoms with Crippen molar-refractivity contribution < 1.29 is 17.9 Å². The molecule has 1 aliphatic rings. The molecule has 2 atom stereocenters. The summed E-state index contributed by atoms with van der Waals surface area (Å²) < 4.78 is 33.1. The molecule has 2 unspecified atom stereocenters. The second kappa shape index (κ2) is 8.26. The molecule has 0 aliphatic carbocycles. The summed E-state index contributed by atoms with van der Waals surface area (Å²) >= 11 is 0. The van der Waals surface area contributed by atoms with Crippen LogP contribution in [-0.2, 0) is 14.8 Å². The SMILES string of the molecule is CC1CN(S(=O)(=O)c2cccc(C(=O)N(C)CC(C)(C)CN)c2)CC(C)O1. The molecule has 0 spiro atoms. The third kappa shape index (κ3) is 5.28. The van der Waals surface area contributed by atoms with E-state index in [1.807, 2.05) is 27.7 Å². The maximum Gasteiger partial charge on any atom is 0.253 e. The minimum absolute atomic E-state index is 0.126. The van der Waals surface area contributed by atoms with E-state index in [1.165, 1.54) is 16.4 Å². The molecule has 1 aromatic carbocycles. The first-order chi connectivity index (χ1) is 12.5. The Balaban J connectivity index is 2.25. The number of carbonyl (C=O) groups excluding carboxylic acids is 1. The molecule has 1 amide bonds. The molecule has 27 heavy (non-hydrogen) atoms. The van der Waals surface area contributed by atoms with Crippen molar-refractivity contribution in [2.75, 3.05) is 33.2 Å². The summed E-state index contributed by atoms with van der Waals surface area (Å²) in [6.45, 7) is 9.21. The fraction of sp³-hybridized carbons (Fsp3) is 0.632. The molecule has 1 saturated heterocycles. The summed E-state index contributed by atoms with van der Waals surface area (Å²) in [6, 6.07) is 6.22. The van der Waals surface area contributed by atoms with Gasteiger partial charge in [0.2, 0.25) is 10.0 Å². The number of benzene rings is 1. The van der Waals surface area contributed by atoms with Crippen LogP contribution in [0.2, 0.25) is 0 Å². The Hall–Kier alpha value is -1.48. The Morgan fingerprint density at radius 2 is 1.89 bits per heavy atom. The third-order valence-electron chi connectivity index (χ3n) is 4.67. The normalized spacial score (nSPS) is 21.9. The molecule has 0 aromatic heterocycles. The Morgan fingerprint density at radius 1 is 1.30 bits per heavy atom. The van der Waals surface area contributed by atoms with E-state index < -0.39 is 10.0 Å². The van der Waals surface area contributed by atoms with Gasteiger partial charge in [0.15, 0.2) is 0 Å². The second-order valence-corrected chi connectivity index (χ2v) is 10.1. The van der Waals surface area contributed by atoms with Crippen molar-refractivity contribution in [2.45, 2.75) is 44.8 Å². The topological polar surface area (TPSA) is 92.9 Å². The molecule has 1 aromatic rings. The summed E-state index contributed by atoms with van der Waals surface area (Å²) in [7, 11) is -1.99. The second-order valence-electron chi connectivity index (χ2n) is 8.14. The molecular formula is C19H31N3O4S. The number of hydrogen-bond donors (Lipinski definition) is 1. The van der Waals surface area contributed by atoms with Gasteiger partial charge in [-0.3, -0.25) is 4.79 Å². The van der Waals surface area contributed by atoms with Gasteiger partial charge in [-0.05, 0) is 44.0 Å². The van der Waals surface area contributed by atoms with Crippen molar-refractivity contribution in [2.24, 2.45) is 11.1 Å². The fourth-order valence-electron chi connectivity index (χ4n) is 3.26. The van der Waals surface area contributed by atoms with Crippen LogP contribution in [0.5, 0.6) is 0 Å². The average Bonchev–Trinajstić information content (AvgIpc) is 2.60. The largest absolute Gasteiger partial charge is 0.373 e. The minimum Gasteiger partial charge on any atom is -0.373 e. The number of morpholine rings is 1. The van der Waals surface area contributed by atoms with Gasteiger partial charge in [-0.2, -0.15) is 4.31 Å². The van der Waals surface area contributed by atoms with Crippen LogP contribution < -0.4 is 5.73 Å². The highest BCUT2D eigenvalue weighted by Gasteiger charge is 2.32. The lowest BCUT2D eigenvalue weighted by Gasteiger charge is -2.34. The van der Waals surface area contributed by atoms with Crippen LogP contribution in [-0.4, -0.2) is 69.0 Å². The van der Waals surface area contributed by atoms with Crippen molar-refractivity contribution in [1.82, 2.24) is 9.21 Å². The highest BCUT2D eigenvalue weighted by atomic mass is 32.2. The minimum atomic E-state index is -3.69. The quantitative estimate of drug-likeness (QED) is 0.786. The van der Waals surface area contributed by atoms with Crippen molar-refractivity contribution in [1.29, 1.82) is 0 Å². The predicted molar refractivity (Wildman–Crippen MR) is 105 cm³/mol. The first-order valence-corrected chi connectivity index (χ1v) is 10.6. The maximum atomic E-state index is 13.0. The van der Waals surface area contributed by atoms with E-state index in [9.17, 15) is 13.2 Å². The van der Waals surface area contributed by atoms with E-state index in [4.69, 9.17) is 10.5 Å². The zero-order chi connectivity index (χ0) is 20.4. The van der Waals surface area contributed by atoms with E-state index >= 15 is 0 Å². The smallest absolute Gasteiger partial charge is 0.253 e. The molecule has 1 aliphatic heterocycles. The maximum absolute atomic E-state index is 13.0. The Bertz CT molecular complexity index is 769. The van der Waals surface area contributed by atoms with Crippen molar-refractivity contribution in [3.05, 3.63) is 29.8 Å². The molecule has 1 heterocycles. The molecule has 0 saturated carbocycles. The average molecular weight is 398 g/mol. The first-order valence-electron chi connectivity index (χ1n) is 9.17. The van der Waals surface area contributed by atoms with Crippen LogP contribution in [0, 0.1) is 5.41 Å². The van der Waals surface area contributed by atoms with Gasteiger partial charge in [-0.1, -0.05) is 19.9 Å². The molecule has 0 radical (unpaired) electrons. The third-order valence-corrected chi connectivity index (χ3v) is 6.50. The summed E-state index contributed by atoms with van der Waals surface area (Å²) in [5.74, 6) is -0.225. The van der Waals surface area contributed by atoms with E-state index in [0.717, 1.165) is 0 Å². The van der Waals surface area contributed by atoms with Crippen LogP contribution in [0.15, 0.2) is 29.2 Å². The number of ether oxygens (including phenoxy) is 1. The predicted octanol–water partition coefficient (Wildman–Crippen LogP) is 1.54. The zero-order valence-electron chi connectivity index (χ0n) is 16.8. The molecule has 7 nitrogen and oxygen atoms in total. The molecule has 8 heteroatoms. The number of rotatable bonds is 6. The number of amides is 1. The van der Waals surface area contributed by atoms with Gasteiger partial charge >= 0.3 is 0 Å². The van der Waals surface area contributed by atoms with Gasteiger partial charge in [0.05, 0.1) is 17.1 Å². The summed E-state index contributed by atoms with van der Waals surface area (Å²) in [5, 5.41) is 0. The number of carbonyl (C=O) groups is 1. The van der Waals surface area contributed by atoms with Crippen LogP contribution >= 0.6 is 0 Å². The van der Waals surface area contributed by atoms with Gasteiger partial charge in [0, 0.05) is 32.2 Å². The molecular weight excluding hydrogens is 366 g/mol. The van der Waals surface area contributed by atoms with Crippen LogP contribution in [0.1, 0.15) is 38.1 Å². The van der Waals surface area contributed by atoms with Crippen LogP contribution in [0.4, 0.5) is 0 Å². The monoisotopic (exact) mass is 397 g/mol. The van der Waals surface area contributed by atoms with Crippen molar-refractivity contribution >= 4 is 15.9 Å². The van der Waals surface area contributed by atoms with Crippen molar-refractivity contribution in [3.8, 4) is 0 Å². The molecule has 0 bridgehead atoms. The standard InChI is InChI=1S/C19H31N3O4S/c1-14-10-22(11-15(2)26-14)27(24,25)17-8-6-7-16(9-17)18(23)21(5)13-19(3,4)12-20/h6-9,14-15H,10-13,20H2,1-5H3. The lowest BCUT2D eigenvalue weighted by molar-refractivity contribution is -0.0440. The van der Waals surface area contributed by atoms with Gasteiger partial charge in [0.25, 0.3) is 5.91 Å². The van der Waals surface area contributed by atoms with E-state index in [1.54, 1.807) is 24.1 Å². The van der Waals surface area contributed by atoms with Gasteiger partial charge in [0.1, 0.15) is 0 Å². The van der Waals surface area contributed by atoms with Crippen LogP contribution in [0.25, 0.3) is 0 Å². The zero-order valence-corrected chi connectivity index (χ0v) is 17.6.